The van der Waals surface area contributed by atoms with Crippen LogP contribution in [-0.2, 0) is 20.9 Å². The Bertz CT molecular complexity index is 1190. The van der Waals surface area contributed by atoms with Crippen molar-refractivity contribution in [3.05, 3.63) is 58.3 Å². The van der Waals surface area contributed by atoms with Crippen molar-refractivity contribution in [1.29, 1.82) is 0 Å². The smallest absolute Gasteiger partial charge is 0.258 e. The number of nitrogens with zero attached hydrogens (tertiary/aromatic N) is 2. The van der Waals surface area contributed by atoms with Crippen LogP contribution >= 0.6 is 0 Å². The Labute approximate surface area is 202 Å². The molecule has 2 aliphatic heterocycles. The van der Waals surface area contributed by atoms with E-state index in [1.54, 1.807) is 46.9 Å². The molecular weight excluding hydrogens is 453 g/mol. The fourth-order valence-corrected chi connectivity index (χ4v) is 5.86. The van der Waals surface area contributed by atoms with Crippen LogP contribution in [0.15, 0.2) is 41.2 Å². The van der Waals surface area contributed by atoms with E-state index < -0.39 is 23.8 Å². The van der Waals surface area contributed by atoms with E-state index in [-0.39, 0.29) is 53.5 Å². The average Bonchev–Trinajstić information content (AvgIpc) is 3.34. The molecule has 2 aromatic rings. The molecule has 9 heteroatoms. The van der Waals surface area contributed by atoms with Gasteiger partial charge in [0, 0.05) is 55.8 Å². The highest BCUT2D eigenvalue weighted by atomic mass is 19.1. The topological polar surface area (TPSA) is 101 Å². The van der Waals surface area contributed by atoms with E-state index >= 15 is 0 Å². The number of pyridine rings is 1. The fourth-order valence-electron chi connectivity index (χ4n) is 5.86. The van der Waals surface area contributed by atoms with Gasteiger partial charge < -0.3 is 24.6 Å². The first kappa shape index (κ1) is 23.7. The number of carbonyl (C=O) groups is 2. The number of hydrogen-bond donors (Lipinski definition) is 2. The number of ether oxygens (including phenoxy) is 1. The van der Waals surface area contributed by atoms with Crippen molar-refractivity contribution in [2.75, 3.05) is 26.9 Å². The zero-order valence-corrected chi connectivity index (χ0v) is 19.7. The summed E-state index contributed by atoms with van der Waals surface area (Å²) in [5, 5.41) is 13.2. The zero-order valence-electron chi connectivity index (χ0n) is 19.7. The summed E-state index contributed by atoms with van der Waals surface area (Å²) in [6.45, 7) is 0.596. The number of benzene rings is 1. The molecule has 1 saturated carbocycles. The van der Waals surface area contributed by atoms with Crippen LogP contribution in [0.3, 0.4) is 0 Å². The number of aromatic nitrogens is 1. The van der Waals surface area contributed by atoms with Crippen molar-refractivity contribution in [2.24, 2.45) is 17.8 Å². The molecule has 186 valence electrons. The van der Waals surface area contributed by atoms with E-state index in [1.807, 2.05) is 0 Å². The van der Waals surface area contributed by atoms with Gasteiger partial charge in [0.05, 0.1) is 18.2 Å². The Morgan fingerprint density at radius 2 is 1.94 bits per heavy atom. The number of amides is 2. The monoisotopic (exact) mass is 483 g/mol. The van der Waals surface area contributed by atoms with Gasteiger partial charge in [0.1, 0.15) is 11.9 Å². The van der Waals surface area contributed by atoms with Crippen LogP contribution in [0.1, 0.15) is 31.0 Å². The second-order valence-corrected chi connectivity index (χ2v) is 9.62. The molecule has 0 bridgehead atoms. The summed E-state index contributed by atoms with van der Waals surface area (Å²) in [5.74, 6) is -1.88. The molecule has 1 aromatic heterocycles. The number of likely N-dealkylation sites (tertiary alicyclic amines) is 1. The van der Waals surface area contributed by atoms with Gasteiger partial charge in [0.2, 0.25) is 11.8 Å². The van der Waals surface area contributed by atoms with Gasteiger partial charge in [-0.2, -0.15) is 0 Å². The normalized spacial score (nSPS) is 25.2. The molecule has 2 N–H and O–H groups in total. The predicted molar refractivity (Wildman–Crippen MR) is 126 cm³/mol. The van der Waals surface area contributed by atoms with Gasteiger partial charge in [-0.25, -0.2) is 4.39 Å². The largest absolute Gasteiger partial charge is 0.396 e. The highest BCUT2D eigenvalue weighted by Gasteiger charge is 2.58. The molecule has 1 saturated heterocycles. The second kappa shape index (κ2) is 9.54. The van der Waals surface area contributed by atoms with Crippen molar-refractivity contribution in [1.82, 2.24) is 14.8 Å². The standard InChI is InChI=1S/C26H30FN3O5/c1-35-12-11-28-24(32)23-19(14-31)18-13-29-21(22(18)30(23)25(33)15-5-4-6-15)10-9-17(26(29)34)16-7-2-3-8-20(16)27/h2-3,7-10,15,18-19,22-23,31H,4-6,11-14H2,1H3,(H,28,32)/t18-,19-,22+,23-/m1/s1. The van der Waals surface area contributed by atoms with E-state index in [4.69, 9.17) is 4.74 Å². The summed E-state index contributed by atoms with van der Waals surface area (Å²) in [6.07, 6.45) is 2.51. The fraction of sp³-hybridized carbons (Fsp3) is 0.500. The lowest BCUT2D eigenvalue weighted by Crippen LogP contribution is -2.52. The van der Waals surface area contributed by atoms with E-state index in [1.165, 1.54) is 6.07 Å². The van der Waals surface area contributed by atoms with Crippen LogP contribution in [0.5, 0.6) is 0 Å². The summed E-state index contributed by atoms with van der Waals surface area (Å²) >= 11 is 0. The lowest BCUT2D eigenvalue weighted by atomic mass is 9.84. The third kappa shape index (κ3) is 3.87. The third-order valence-electron chi connectivity index (χ3n) is 7.82. The first-order valence-electron chi connectivity index (χ1n) is 12.2. The number of aliphatic hydroxyl groups is 1. The average molecular weight is 484 g/mol. The van der Waals surface area contributed by atoms with Gasteiger partial charge in [-0.1, -0.05) is 24.6 Å². The number of halogens is 1. The zero-order chi connectivity index (χ0) is 24.7. The molecule has 5 rings (SSSR count). The summed E-state index contributed by atoms with van der Waals surface area (Å²) in [6, 6.07) is 8.17. The lowest BCUT2D eigenvalue weighted by molar-refractivity contribution is -0.147. The minimum Gasteiger partial charge on any atom is -0.396 e. The van der Waals surface area contributed by atoms with E-state index in [9.17, 15) is 23.9 Å². The molecule has 1 aromatic carbocycles. The van der Waals surface area contributed by atoms with Gasteiger partial charge >= 0.3 is 0 Å². The van der Waals surface area contributed by atoms with Crippen LogP contribution in [0.2, 0.25) is 0 Å². The molecule has 2 amide bonds. The predicted octanol–water partition coefficient (Wildman–Crippen LogP) is 1.71. The van der Waals surface area contributed by atoms with Gasteiger partial charge in [-0.15, -0.1) is 0 Å². The van der Waals surface area contributed by atoms with Crippen molar-refractivity contribution in [3.63, 3.8) is 0 Å². The molecule has 0 unspecified atom stereocenters. The summed E-state index contributed by atoms with van der Waals surface area (Å²) < 4.78 is 21.0. The SMILES string of the molecule is COCCNC(=O)[C@H]1[C@H](CO)[C@H]2Cn3c(ccc(-c4ccccc4F)c3=O)[C@H]2N1C(=O)C1CCC1. The molecule has 2 fully saturated rings. The molecule has 3 heterocycles. The van der Waals surface area contributed by atoms with Crippen molar-refractivity contribution in [2.45, 2.75) is 37.9 Å². The Morgan fingerprint density at radius 1 is 1.17 bits per heavy atom. The van der Waals surface area contributed by atoms with Crippen LogP contribution in [0, 0.1) is 23.6 Å². The molecule has 3 aliphatic rings. The van der Waals surface area contributed by atoms with Crippen LogP contribution < -0.4 is 10.9 Å². The van der Waals surface area contributed by atoms with E-state index in [0.29, 0.717) is 18.8 Å². The second-order valence-electron chi connectivity index (χ2n) is 9.62. The molecule has 0 spiro atoms. The number of aliphatic hydroxyl groups excluding tert-OH is 1. The van der Waals surface area contributed by atoms with Crippen molar-refractivity contribution >= 4 is 11.8 Å². The molecular formula is C26H30FN3O5. The quantitative estimate of drug-likeness (QED) is 0.584. The molecule has 0 radical (unpaired) electrons. The number of carbonyl (C=O) groups excluding carboxylic acids is 2. The Hall–Kier alpha value is -3.04. The van der Waals surface area contributed by atoms with Gasteiger partial charge in [0.25, 0.3) is 5.56 Å². The van der Waals surface area contributed by atoms with Crippen molar-refractivity contribution < 1.29 is 23.8 Å². The Balaban J connectivity index is 1.56. The molecule has 8 nitrogen and oxygen atoms in total. The lowest BCUT2D eigenvalue weighted by Gasteiger charge is -2.36. The first-order chi connectivity index (χ1) is 17.0. The maximum absolute atomic E-state index is 14.4. The number of hydrogen-bond acceptors (Lipinski definition) is 5. The molecule has 1 aliphatic carbocycles. The van der Waals surface area contributed by atoms with Gasteiger partial charge in [0.15, 0.2) is 0 Å². The number of rotatable bonds is 7. The highest BCUT2D eigenvalue weighted by molar-refractivity contribution is 5.90. The maximum Gasteiger partial charge on any atom is 0.258 e. The number of fused-ring (bicyclic) bond motifs is 3. The minimum absolute atomic E-state index is 0.104. The maximum atomic E-state index is 14.4. The van der Waals surface area contributed by atoms with Gasteiger partial charge in [-0.05, 0) is 31.0 Å². The summed E-state index contributed by atoms with van der Waals surface area (Å²) in [7, 11) is 1.54. The number of nitrogens with one attached hydrogen (secondary N) is 1. The Morgan fingerprint density at radius 3 is 2.60 bits per heavy atom. The molecule has 4 atom stereocenters. The van der Waals surface area contributed by atoms with Crippen LogP contribution in [0.4, 0.5) is 4.39 Å². The first-order valence-corrected chi connectivity index (χ1v) is 12.2. The van der Waals surface area contributed by atoms with Crippen LogP contribution in [0.25, 0.3) is 11.1 Å². The summed E-state index contributed by atoms with van der Waals surface area (Å²) in [5.41, 5.74) is 0.758. The summed E-state index contributed by atoms with van der Waals surface area (Å²) in [4.78, 5) is 41.9. The minimum atomic E-state index is -0.824. The Kier molecular flexibility index (Phi) is 6.46. The number of methoxy groups -OCH3 is 1. The van der Waals surface area contributed by atoms with Crippen molar-refractivity contribution in [3.8, 4) is 11.1 Å². The van der Waals surface area contributed by atoms with Crippen LogP contribution in [-0.4, -0.2) is 59.3 Å². The van der Waals surface area contributed by atoms with E-state index in [0.717, 1.165) is 19.3 Å². The highest BCUT2D eigenvalue weighted by Crippen LogP contribution is 2.50. The van der Waals surface area contributed by atoms with Gasteiger partial charge in [-0.3, -0.25) is 14.4 Å². The van der Waals surface area contributed by atoms with E-state index in [2.05, 4.69) is 5.32 Å². The molecule has 35 heavy (non-hydrogen) atoms. The third-order valence-corrected chi connectivity index (χ3v) is 7.82.